The number of rotatable bonds is 4. The lowest BCUT2D eigenvalue weighted by Gasteiger charge is -2.25. The fourth-order valence-electron chi connectivity index (χ4n) is 1.95. The largest absolute Gasteiger partial charge is 0.382 e. The van der Waals surface area contributed by atoms with Gasteiger partial charge in [-0.1, -0.05) is 11.3 Å². The number of amides is 2. The second-order valence-electron chi connectivity index (χ2n) is 4.41. The lowest BCUT2D eigenvalue weighted by Crippen LogP contribution is -2.33. The van der Waals surface area contributed by atoms with Crippen molar-refractivity contribution < 1.29 is 9.59 Å². The van der Waals surface area contributed by atoms with Crippen LogP contribution in [0.3, 0.4) is 0 Å². The third-order valence-corrected chi connectivity index (χ3v) is 4.03. The number of thiazole rings is 1. The van der Waals surface area contributed by atoms with E-state index in [9.17, 15) is 9.59 Å². The molecule has 2 heterocycles. The van der Waals surface area contributed by atoms with Gasteiger partial charge in [0.05, 0.1) is 6.54 Å². The molecule has 1 aromatic heterocycles. The van der Waals surface area contributed by atoms with Gasteiger partial charge in [0.25, 0.3) is 5.91 Å². The lowest BCUT2D eigenvalue weighted by atomic mass is 10.1. The molecular formula is C11H17N5O2S. The van der Waals surface area contributed by atoms with E-state index in [1.165, 1.54) is 17.8 Å². The van der Waals surface area contributed by atoms with Crippen molar-refractivity contribution in [3.63, 3.8) is 0 Å². The molecule has 0 spiro atoms. The predicted molar refractivity (Wildman–Crippen MR) is 74.1 cm³/mol. The summed E-state index contributed by atoms with van der Waals surface area (Å²) in [5.74, 6) is -0.794. The summed E-state index contributed by atoms with van der Waals surface area (Å²) in [5, 5.41) is 3.18. The number of nitrogen functional groups attached to an aromatic ring is 1. The van der Waals surface area contributed by atoms with E-state index < -0.39 is 11.8 Å². The van der Waals surface area contributed by atoms with Crippen LogP contribution < -0.4 is 21.7 Å². The van der Waals surface area contributed by atoms with E-state index in [1.54, 1.807) is 0 Å². The van der Waals surface area contributed by atoms with Crippen LogP contribution in [0, 0.1) is 0 Å². The quantitative estimate of drug-likeness (QED) is 0.715. The Kier molecular flexibility index (Phi) is 4.20. The van der Waals surface area contributed by atoms with Crippen LogP contribution in [0.15, 0.2) is 0 Å². The van der Waals surface area contributed by atoms with Crippen molar-refractivity contribution in [1.82, 2.24) is 10.3 Å². The second-order valence-corrected chi connectivity index (χ2v) is 5.39. The molecule has 5 N–H and O–H groups in total. The maximum atomic E-state index is 11.8. The van der Waals surface area contributed by atoms with Crippen molar-refractivity contribution in [3.05, 3.63) is 4.88 Å². The van der Waals surface area contributed by atoms with Crippen molar-refractivity contribution in [2.24, 2.45) is 5.73 Å². The minimum Gasteiger partial charge on any atom is -0.382 e. The normalized spacial score (nSPS) is 15.3. The number of hydrogen-bond donors (Lipinski definition) is 3. The highest BCUT2D eigenvalue weighted by Crippen LogP contribution is 2.29. The van der Waals surface area contributed by atoms with Crippen molar-refractivity contribution in [2.75, 3.05) is 30.3 Å². The number of carbonyl (C=O) groups is 2. The van der Waals surface area contributed by atoms with Crippen LogP contribution in [0.1, 0.15) is 28.9 Å². The monoisotopic (exact) mass is 283 g/mol. The number of piperidine rings is 1. The average Bonchev–Trinajstić information content (AvgIpc) is 2.79. The summed E-state index contributed by atoms with van der Waals surface area (Å²) in [6, 6.07) is 0. The number of carbonyl (C=O) groups excluding carboxylic acids is 2. The van der Waals surface area contributed by atoms with Crippen LogP contribution >= 0.6 is 11.3 Å². The Labute approximate surface area is 115 Å². The molecule has 104 valence electrons. The third kappa shape index (κ3) is 3.34. The van der Waals surface area contributed by atoms with E-state index in [-0.39, 0.29) is 12.4 Å². The van der Waals surface area contributed by atoms with Gasteiger partial charge in [0.15, 0.2) is 5.13 Å². The van der Waals surface area contributed by atoms with E-state index in [0.29, 0.717) is 4.88 Å². The highest BCUT2D eigenvalue weighted by Gasteiger charge is 2.20. The topological polar surface area (TPSA) is 114 Å². The molecule has 1 saturated heterocycles. The molecule has 0 atom stereocenters. The summed E-state index contributed by atoms with van der Waals surface area (Å²) in [5.41, 5.74) is 10.7. The van der Waals surface area contributed by atoms with Crippen LogP contribution in [0.5, 0.6) is 0 Å². The molecule has 1 aromatic rings. The zero-order chi connectivity index (χ0) is 13.8. The molecule has 1 aliphatic rings. The molecule has 0 bridgehead atoms. The van der Waals surface area contributed by atoms with E-state index in [0.717, 1.165) is 31.1 Å². The third-order valence-electron chi connectivity index (χ3n) is 2.90. The fourth-order valence-corrected chi connectivity index (χ4v) is 2.90. The molecule has 0 radical (unpaired) electrons. The highest BCUT2D eigenvalue weighted by molar-refractivity contribution is 7.18. The summed E-state index contributed by atoms with van der Waals surface area (Å²) in [4.78, 5) is 29.1. The van der Waals surface area contributed by atoms with Gasteiger partial charge >= 0.3 is 0 Å². The average molecular weight is 283 g/mol. The molecule has 2 rings (SSSR count). The van der Waals surface area contributed by atoms with Crippen LogP contribution in [0.2, 0.25) is 0 Å². The molecule has 1 fully saturated rings. The minimum absolute atomic E-state index is 0.199. The summed E-state index contributed by atoms with van der Waals surface area (Å²) in [7, 11) is 0. The van der Waals surface area contributed by atoms with Crippen LogP contribution in [-0.4, -0.2) is 36.4 Å². The minimum atomic E-state index is -0.590. The zero-order valence-corrected chi connectivity index (χ0v) is 11.3. The van der Waals surface area contributed by atoms with Crippen LogP contribution in [0.25, 0.3) is 0 Å². The van der Waals surface area contributed by atoms with Gasteiger partial charge in [-0.25, -0.2) is 4.98 Å². The molecule has 0 aromatic carbocycles. The molecule has 0 saturated carbocycles. The number of nitrogens with zero attached hydrogens (tertiary/aromatic N) is 2. The van der Waals surface area contributed by atoms with Gasteiger partial charge in [-0.05, 0) is 19.3 Å². The maximum absolute atomic E-state index is 11.8. The van der Waals surface area contributed by atoms with Crippen molar-refractivity contribution in [1.29, 1.82) is 0 Å². The molecule has 7 nitrogen and oxygen atoms in total. The SMILES string of the molecule is NC(=O)CNC(=O)c1sc(N2CCCCC2)nc1N. The molecule has 1 aliphatic heterocycles. The van der Waals surface area contributed by atoms with E-state index in [4.69, 9.17) is 11.5 Å². The Balaban J connectivity index is 2.07. The predicted octanol–water partition coefficient (Wildman–Crippen LogP) is -0.0693. The summed E-state index contributed by atoms with van der Waals surface area (Å²) < 4.78 is 0. The summed E-state index contributed by atoms with van der Waals surface area (Å²) in [6.45, 7) is 1.68. The highest BCUT2D eigenvalue weighted by atomic mass is 32.1. The first-order valence-corrected chi connectivity index (χ1v) is 6.97. The number of aromatic nitrogens is 1. The number of primary amides is 1. The number of nitrogens with two attached hydrogens (primary N) is 2. The molecule has 0 aliphatic carbocycles. The fraction of sp³-hybridized carbons (Fsp3) is 0.545. The standard InChI is InChI=1S/C11H17N5O2S/c12-7(17)6-14-10(18)8-9(13)15-11(19-8)16-4-2-1-3-5-16/h1-6,13H2,(H2,12,17)(H,14,18). The van der Waals surface area contributed by atoms with Gasteiger partial charge in [0, 0.05) is 13.1 Å². The molecular weight excluding hydrogens is 266 g/mol. The van der Waals surface area contributed by atoms with Crippen molar-refractivity contribution >= 4 is 34.1 Å². The first-order valence-electron chi connectivity index (χ1n) is 6.15. The zero-order valence-electron chi connectivity index (χ0n) is 10.5. The Morgan fingerprint density at radius 3 is 2.63 bits per heavy atom. The number of anilines is 2. The summed E-state index contributed by atoms with van der Waals surface area (Å²) >= 11 is 1.25. The Bertz CT molecular complexity index is 481. The summed E-state index contributed by atoms with van der Waals surface area (Å²) in [6.07, 6.45) is 3.48. The second kappa shape index (κ2) is 5.87. The van der Waals surface area contributed by atoms with Gasteiger partial charge in [0.2, 0.25) is 5.91 Å². The first-order chi connectivity index (χ1) is 9.08. The van der Waals surface area contributed by atoms with Crippen LogP contribution in [0.4, 0.5) is 10.9 Å². The molecule has 2 amide bonds. The van der Waals surface area contributed by atoms with E-state index >= 15 is 0 Å². The lowest BCUT2D eigenvalue weighted by molar-refractivity contribution is -0.117. The van der Waals surface area contributed by atoms with Crippen molar-refractivity contribution in [2.45, 2.75) is 19.3 Å². The molecule has 19 heavy (non-hydrogen) atoms. The van der Waals surface area contributed by atoms with Gasteiger partial charge in [0.1, 0.15) is 10.7 Å². The van der Waals surface area contributed by atoms with E-state index in [2.05, 4.69) is 15.2 Å². The molecule has 8 heteroatoms. The van der Waals surface area contributed by atoms with Gasteiger partial charge in [-0.15, -0.1) is 0 Å². The Hall–Kier alpha value is -1.83. The maximum Gasteiger partial charge on any atom is 0.265 e. The Morgan fingerprint density at radius 2 is 2.00 bits per heavy atom. The smallest absolute Gasteiger partial charge is 0.265 e. The van der Waals surface area contributed by atoms with Crippen molar-refractivity contribution in [3.8, 4) is 0 Å². The van der Waals surface area contributed by atoms with Gasteiger partial charge in [-0.3, -0.25) is 9.59 Å². The van der Waals surface area contributed by atoms with Crippen LogP contribution in [-0.2, 0) is 4.79 Å². The number of nitrogens with one attached hydrogen (secondary N) is 1. The number of hydrogen-bond acceptors (Lipinski definition) is 6. The van der Waals surface area contributed by atoms with Gasteiger partial charge in [-0.2, -0.15) is 0 Å². The van der Waals surface area contributed by atoms with E-state index in [1.807, 2.05) is 0 Å². The van der Waals surface area contributed by atoms with Gasteiger partial charge < -0.3 is 21.7 Å². The Morgan fingerprint density at radius 1 is 1.32 bits per heavy atom. The molecule has 0 unspecified atom stereocenters. The first kappa shape index (κ1) is 13.6.